The lowest BCUT2D eigenvalue weighted by Crippen LogP contribution is -2.53. The van der Waals surface area contributed by atoms with Crippen molar-refractivity contribution in [1.82, 2.24) is 14.7 Å². The first kappa shape index (κ1) is 25.4. The van der Waals surface area contributed by atoms with Crippen LogP contribution in [-0.2, 0) is 9.59 Å². The topological polar surface area (TPSA) is 81.2 Å². The molecule has 2 aromatic carbocycles. The van der Waals surface area contributed by atoms with Crippen LogP contribution in [0.25, 0.3) is 0 Å². The molecule has 2 aliphatic heterocycles. The van der Waals surface area contributed by atoms with E-state index in [4.69, 9.17) is 0 Å². The van der Waals surface area contributed by atoms with Crippen LogP contribution in [0, 0.1) is 0 Å². The smallest absolute Gasteiger partial charge is 0.254 e. The average Bonchev–Trinajstić information content (AvgIpc) is 3.47. The molecule has 190 valence electrons. The van der Waals surface area contributed by atoms with Crippen LogP contribution in [-0.4, -0.2) is 90.6 Å². The van der Waals surface area contributed by atoms with E-state index in [9.17, 15) is 19.2 Å². The Balaban J connectivity index is 1.52. The van der Waals surface area contributed by atoms with E-state index in [1.54, 1.807) is 53.2 Å². The number of carbonyl (C=O) groups excluding carboxylic acids is 4. The first-order valence-electron chi connectivity index (χ1n) is 12.5. The SMILES string of the molecule is CCC[C@@H](C(=O)N1CC[C@@H]2[C@H]1C(=O)CN2C(=O)c1ccccc1)N(C)C(=O)c1ccc(N(C)C)cc1. The fraction of sp³-hybridized carbons (Fsp3) is 0.429. The zero-order valence-corrected chi connectivity index (χ0v) is 21.4. The first-order valence-corrected chi connectivity index (χ1v) is 12.5. The lowest BCUT2D eigenvalue weighted by molar-refractivity contribution is -0.140. The molecule has 0 saturated carbocycles. The third kappa shape index (κ3) is 4.72. The third-order valence-electron chi connectivity index (χ3n) is 7.25. The molecular formula is C28H34N4O4. The van der Waals surface area contributed by atoms with E-state index >= 15 is 0 Å². The van der Waals surface area contributed by atoms with E-state index in [2.05, 4.69) is 0 Å². The largest absolute Gasteiger partial charge is 0.378 e. The van der Waals surface area contributed by atoms with Gasteiger partial charge in [-0.15, -0.1) is 0 Å². The van der Waals surface area contributed by atoms with Gasteiger partial charge in [0.25, 0.3) is 11.8 Å². The molecule has 0 aromatic heterocycles. The van der Waals surface area contributed by atoms with Crippen LogP contribution in [0.3, 0.4) is 0 Å². The number of ketones is 1. The predicted molar refractivity (Wildman–Crippen MR) is 138 cm³/mol. The van der Waals surface area contributed by atoms with Crippen LogP contribution in [0.1, 0.15) is 46.9 Å². The highest BCUT2D eigenvalue weighted by molar-refractivity contribution is 6.03. The summed E-state index contributed by atoms with van der Waals surface area (Å²) >= 11 is 0. The summed E-state index contributed by atoms with van der Waals surface area (Å²) in [6, 6.07) is 14.5. The van der Waals surface area contributed by atoms with Crippen LogP contribution in [0.5, 0.6) is 0 Å². The number of benzene rings is 2. The maximum Gasteiger partial charge on any atom is 0.254 e. The number of rotatable bonds is 7. The van der Waals surface area contributed by atoms with E-state index < -0.39 is 12.1 Å². The van der Waals surface area contributed by atoms with Crippen molar-refractivity contribution in [3.8, 4) is 0 Å². The second-order valence-corrected chi connectivity index (χ2v) is 9.76. The fourth-order valence-electron chi connectivity index (χ4n) is 5.28. The Kier molecular flexibility index (Phi) is 7.43. The molecule has 0 unspecified atom stereocenters. The van der Waals surface area contributed by atoms with Gasteiger partial charge in [0.05, 0.1) is 12.6 Å². The van der Waals surface area contributed by atoms with Gasteiger partial charge in [0.15, 0.2) is 5.78 Å². The monoisotopic (exact) mass is 490 g/mol. The lowest BCUT2D eigenvalue weighted by Gasteiger charge is -2.33. The van der Waals surface area contributed by atoms with Gasteiger partial charge in [-0.2, -0.15) is 0 Å². The number of hydrogen-bond donors (Lipinski definition) is 0. The molecule has 0 N–H and O–H groups in total. The number of fused-ring (bicyclic) bond motifs is 1. The van der Waals surface area contributed by atoms with Crippen molar-refractivity contribution in [3.05, 3.63) is 65.7 Å². The zero-order chi connectivity index (χ0) is 26.0. The molecule has 2 aromatic rings. The van der Waals surface area contributed by atoms with Gasteiger partial charge in [0, 0.05) is 44.5 Å². The molecule has 3 atom stereocenters. The molecule has 0 spiro atoms. The van der Waals surface area contributed by atoms with Crippen molar-refractivity contribution < 1.29 is 19.2 Å². The van der Waals surface area contributed by atoms with Crippen molar-refractivity contribution in [2.75, 3.05) is 39.1 Å². The fourth-order valence-corrected chi connectivity index (χ4v) is 5.28. The highest BCUT2D eigenvalue weighted by Gasteiger charge is 2.52. The van der Waals surface area contributed by atoms with Crippen LogP contribution in [0.4, 0.5) is 5.69 Å². The average molecular weight is 491 g/mol. The number of likely N-dealkylation sites (tertiary alicyclic amines) is 2. The maximum absolute atomic E-state index is 13.8. The molecule has 2 fully saturated rings. The summed E-state index contributed by atoms with van der Waals surface area (Å²) in [5.41, 5.74) is 2.02. The first-order chi connectivity index (χ1) is 17.2. The molecule has 2 heterocycles. The minimum Gasteiger partial charge on any atom is -0.378 e. The van der Waals surface area contributed by atoms with Crippen LogP contribution in [0.15, 0.2) is 54.6 Å². The van der Waals surface area contributed by atoms with Gasteiger partial charge in [0.1, 0.15) is 12.1 Å². The summed E-state index contributed by atoms with van der Waals surface area (Å²) in [6.45, 7) is 2.36. The van der Waals surface area contributed by atoms with E-state index in [1.807, 2.05) is 44.1 Å². The van der Waals surface area contributed by atoms with Gasteiger partial charge < -0.3 is 19.6 Å². The molecule has 4 rings (SSSR count). The second-order valence-electron chi connectivity index (χ2n) is 9.76. The minimum atomic E-state index is -0.679. The van der Waals surface area contributed by atoms with Gasteiger partial charge in [-0.3, -0.25) is 19.2 Å². The number of Topliss-reactive ketones (excluding diaryl/α,β-unsaturated/α-hetero) is 1. The molecule has 0 aliphatic carbocycles. The van der Waals surface area contributed by atoms with Gasteiger partial charge in [-0.1, -0.05) is 31.5 Å². The maximum atomic E-state index is 13.8. The van der Waals surface area contributed by atoms with Crippen LogP contribution >= 0.6 is 0 Å². The quantitative estimate of drug-likeness (QED) is 0.596. The van der Waals surface area contributed by atoms with Crippen molar-refractivity contribution in [2.24, 2.45) is 0 Å². The highest BCUT2D eigenvalue weighted by atomic mass is 16.2. The highest BCUT2D eigenvalue weighted by Crippen LogP contribution is 2.32. The number of hydrogen-bond acceptors (Lipinski definition) is 5. The summed E-state index contributed by atoms with van der Waals surface area (Å²) in [5, 5.41) is 0. The van der Waals surface area contributed by atoms with Crippen molar-refractivity contribution in [2.45, 2.75) is 44.3 Å². The van der Waals surface area contributed by atoms with E-state index in [1.165, 1.54) is 4.90 Å². The Bertz CT molecular complexity index is 1130. The molecule has 0 radical (unpaired) electrons. The molecule has 2 saturated heterocycles. The number of anilines is 1. The Morgan fingerprint density at radius 3 is 2.22 bits per heavy atom. The van der Waals surface area contributed by atoms with Crippen LogP contribution < -0.4 is 4.90 Å². The Labute approximate surface area is 212 Å². The summed E-state index contributed by atoms with van der Waals surface area (Å²) < 4.78 is 0. The van der Waals surface area contributed by atoms with Gasteiger partial charge in [0.2, 0.25) is 5.91 Å². The number of carbonyl (C=O) groups is 4. The van der Waals surface area contributed by atoms with Gasteiger partial charge in [-0.05, 0) is 49.2 Å². The number of amides is 3. The third-order valence-corrected chi connectivity index (χ3v) is 7.25. The minimum absolute atomic E-state index is 0.00171. The van der Waals surface area contributed by atoms with Crippen LogP contribution in [0.2, 0.25) is 0 Å². The van der Waals surface area contributed by atoms with Crippen molar-refractivity contribution in [3.63, 3.8) is 0 Å². The number of likely N-dealkylation sites (N-methyl/N-ethyl adjacent to an activating group) is 1. The van der Waals surface area contributed by atoms with Crippen molar-refractivity contribution in [1.29, 1.82) is 0 Å². The normalized spacial score (nSPS) is 19.7. The summed E-state index contributed by atoms with van der Waals surface area (Å²) in [6.07, 6.45) is 1.75. The van der Waals surface area contributed by atoms with Gasteiger partial charge in [-0.25, -0.2) is 0 Å². The molecule has 2 aliphatic rings. The lowest BCUT2D eigenvalue weighted by atomic mass is 10.0. The van der Waals surface area contributed by atoms with E-state index in [0.29, 0.717) is 36.9 Å². The zero-order valence-electron chi connectivity index (χ0n) is 21.4. The van der Waals surface area contributed by atoms with Gasteiger partial charge >= 0.3 is 0 Å². The van der Waals surface area contributed by atoms with E-state index in [0.717, 1.165) is 5.69 Å². The Morgan fingerprint density at radius 2 is 1.61 bits per heavy atom. The van der Waals surface area contributed by atoms with E-state index in [-0.39, 0.29) is 36.1 Å². The Hall–Kier alpha value is -3.68. The molecule has 3 amide bonds. The summed E-state index contributed by atoms with van der Waals surface area (Å²) in [4.78, 5) is 59.8. The molecule has 8 nitrogen and oxygen atoms in total. The van der Waals surface area contributed by atoms with Crippen molar-refractivity contribution >= 4 is 29.2 Å². The molecular weight excluding hydrogens is 456 g/mol. The second kappa shape index (κ2) is 10.5. The molecule has 36 heavy (non-hydrogen) atoms. The standard InChI is InChI=1S/C28H34N4O4/c1-5-9-23(30(4)26(34)20-12-14-21(15-13-20)29(2)3)28(36)31-17-16-22-25(31)24(33)18-32(22)27(35)19-10-7-6-8-11-19/h6-8,10-15,22-23,25H,5,9,16-18H2,1-4H3/t22-,23+,25+/m1/s1. The number of nitrogens with zero attached hydrogens (tertiary/aromatic N) is 4. The molecule has 8 heteroatoms. The Morgan fingerprint density at radius 1 is 0.944 bits per heavy atom. The molecule has 0 bridgehead atoms. The summed E-state index contributed by atoms with van der Waals surface area (Å²) in [7, 11) is 5.51. The predicted octanol–water partition coefficient (Wildman–Crippen LogP) is 2.69. The summed E-state index contributed by atoms with van der Waals surface area (Å²) in [5.74, 6) is -0.781.